The first kappa shape index (κ1) is 15.5. The number of benzene rings is 2. The number of aliphatic hydroxyl groups excluding tert-OH is 1. The van der Waals surface area contributed by atoms with Crippen LogP contribution in [0.1, 0.15) is 5.56 Å². The number of hydrogen-bond acceptors (Lipinski definition) is 4. The van der Waals surface area contributed by atoms with E-state index in [1.165, 1.54) is 6.07 Å². The van der Waals surface area contributed by atoms with Crippen LogP contribution in [0.5, 0.6) is 0 Å². The molecule has 0 radical (unpaired) electrons. The second-order valence-corrected chi connectivity index (χ2v) is 6.17. The van der Waals surface area contributed by atoms with Crippen molar-refractivity contribution in [1.82, 2.24) is 0 Å². The zero-order valence-corrected chi connectivity index (χ0v) is 12.3. The molecule has 0 bridgehead atoms. The molecule has 0 aliphatic heterocycles. The summed E-state index contributed by atoms with van der Waals surface area (Å²) in [5.41, 5.74) is 1.52. The highest BCUT2D eigenvalue weighted by molar-refractivity contribution is 7.89. The fourth-order valence-electron chi connectivity index (χ4n) is 2.17. The van der Waals surface area contributed by atoms with Crippen LogP contribution in [-0.2, 0) is 16.6 Å². The Hall–Kier alpha value is -1.89. The molecule has 0 aliphatic carbocycles. The summed E-state index contributed by atoms with van der Waals surface area (Å²) in [5.74, 6) is 0. The quantitative estimate of drug-likeness (QED) is 0.843. The molecule has 2 aromatic carbocycles. The molecule has 0 aromatic heterocycles. The molecule has 0 spiro atoms. The Morgan fingerprint density at radius 3 is 2.24 bits per heavy atom. The number of hydrogen-bond donors (Lipinski definition) is 2. The molecule has 21 heavy (non-hydrogen) atoms. The first-order valence-corrected chi connectivity index (χ1v) is 8.08. The van der Waals surface area contributed by atoms with Crippen molar-refractivity contribution in [1.29, 1.82) is 0 Å². The summed E-state index contributed by atoms with van der Waals surface area (Å²) in [5, 5.41) is 14.5. The van der Waals surface area contributed by atoms with Gasteiger partial charge in [-0.25, -0.2) is 13.6 Å². The van der Waals surface area contributed by atoms with E-state index in [4.69, 9.17) is 5.14 Å². The third kappa shape index (κ3) is 4.04. The zero-order chi connectivity index (χ0) is 15.3. The molecule has 0 aliphatic rings. The lowest BCUT2D eigenvalue weighted by Gasteiger charge is -2.26. The van der Waals surface area contributed by atoms with Crippen molar-refractivity contribution < 1.29 is 13.5 Å². The van der Waals surface area contributed by atoms with Crippen molar-refractivity contribution in [3.8, 4) is 0 Å². The molecule has 0 unspecified atom stereocenters. The van der Waals surface area contributed by atoms with Gasteiger partial charge in [0.05, 0.1) is 12.3 Å². The molecule has 0 saturated carbocycles. The van der Waals surface area contributed by atoms with Gasteiger partial charge in [-0.3, -0.25) is 0 Å². The van der Waals surface area contributed by atoms with E-state index in [-0.39, 0.29) is 11.5 Å². The Bertz CT molecular complexity index is 687. The van der Waals surface area contributed by atoms with Crippen molar-refractivity contribution in [2.45, 2.75) is 11.4 Å². The average Bonchev–Trinajstić information content (AvgIpc) is 2.47. The molecule has 2 rings (SSSR count). The smallest absolute Gasteiger partial charge is 0.240 e. The summed E-state index contributed by atoms with van der Waals surface area (Å²) in [7, 11) is -3.81. The predicted molar refractivity (Wildman–Crippen MR) is 82.4 cm³/mol. The molecular weight excluding hydrogens is 288 g/mol. The summed E-state index contributed by atoms with van der Waals surface area (Å²) in [4.78, 5) is 1.86. The van der Waals surface area contributed by atoms with Gasteiger partial charge in [-0.15, -0.1) is 0 Å². The van der Waals surface area contributed by atoms with Gasteiger partial charge in [0.1, 0.15) is 4.90 Å². The standard InChI is InChI=1S/C15H18N2O3S/c16-21(19,20)15-9-5-4-8-14(15)17(10-11-18)12-13-6-2-1-3-7-13/h1-9,18H,10-12H2,(H2,16,19,20). The molecule has 0 amide bonds. The number of nitrogens with two attached hydrogens (primary N) is 1. The van der Waals surface area contributed by atoms with E-state index in [9.17, 15) is 13.5 Å². The fraction of sp³-hybridized carbons (Fsp3) is 0.200. The minimum absolute atomic E-state index is 0.0642. The van der Waals surface area contributed by atoms with Gasteiger partial charge < -0.3 is 10.0 Å². The Balaban J connectivity index is 2.39. The molecule has 6 heteroatoms. The van der Waals surface area contributed by atoms with Gasteiger partial charge in [0.15, 0.2) is 0 Å². The summed E-state index contributed by atoms with van der Waals surface area (Å²) < 4.78 is 23.4. The Morgan fingerprint density at radius 2 is 1.62 bits per heavy atom. The summed E-state index contributed by atoms with van der Waals surface area (Å²) in [6, 6.07) is 16.2. The normalized spacial score (nSPS) is 11.3. The van der Waals surface area contributed by atoms with Gasteiger partial charge in [0.25, 0.3) is 0 Å². The third-order valence-corrected chi connectivity index (χ3v) is 4.06. The van der Waals surface area contributed by atoms with E-state index >= 15 is 0 Å². The van der Waals surface area contributed by atoms with E-state index in [0.29, 0.717) is 18.8 Å². The van der Waals surface area contributed by atoms with Crippen molar-refractivity contribution >= 4 is 15.7 Å². The van der Waals surface area contributed by atoms with Crippen LogP contribution in [0.15, 0.2) is 59.5 Å². The van der Waals surface area contributed by atoms with Gasteiger partial charge in [-0.05, 0) is 17.7 Å². The van der Waals surface area contributed by atoms with Crippen LogP contribution in [0.25, 0.3) is 0 Å². The van der Waals surface area contributed by atoms with Gasteiger partial charge in [-0.1, -0.05) is 42.5 Å². The van der Waals surface area contributed by atoms with Crippen molar-refractivity contribution in [2.75, 3.05) is 18.1 Å². The van der Waals surface area contributed by atoms with Crippen LogP contribution in [0.2, 0.25) is 0 Å². The lowest BCUT2D eigenvalue weighted by molar-refractivity contribution is 0.301. The van der Waals surface area contributed by atoms with E-state index in [1.807, 2.05) is 30.3 Å². The average molecular weight is 306 g/mol. The SMILES string of the molecule is NS(=O)(=O)c1ccccc1N(CCO)Cc1ccccc1. The van der Waals surface area contributed by atoms with Crippen LogP contribution in [-0.4, -0.2) is 26.7 Å². The van der Waals surface area contributed by atoms with E-state index < -0.39 is 10.0 Å². The van der Waals surface area contributed by atoms with Crippen LogP contribution in [0.4, 0.5) is 5.69 Å². The molecule has 5 nitrogen and oxygen atoms in total. The lowest BCUT2D eigenvalue weighted by Crippen LogP contribution is -2.28. The second-order valence-electron chi connectivity index (χ2n) is 4.64. The third-order valence-electron chi connectivity index (χ3n) is 3.10. The molecule has 0 fully saturated rings. The van der Waals surface area contributed by atoms with Gasteiger partial charge in [-0.2, -0.15) is 0 Å². The molecule has 3 N–H and O–H groups in total. The lowest BCUT2D eigenvalue weighted by atomic mass is 10.2. The summed E-state index contributed by atoms with van der Waals surface area (Å²) in [6.07, 6.45) is 0. The first-order chi connectivity index (χ1) is 10.0. The van der Waals surface area contributed by atoms with Crippen LogP contribution < -0.4 is 10.0 Å². The van der Waals surface area contributed by atoms with Gasteiger partial charge >= 0.3 is 0 Å². The minimum atomic E-state index is -3.81. The van der Waals surface area contributed by atoms with Crippen LogP contribution in [0, 0.1) is 0 Å². The minimum Gasteiger partial charge on any atom is -0.395 e. The van der Waals surface area contributed by atoms with Crippen molar-refractivity contribution in [3.05, 3.63) is 60.2 Å². The van der Waals surface area contributed by atoms with Crippen LogP contribution >= 0.6 is 0 Å². The number of nitrogens with zero attached hydrogens (tertiary/aromatic N) is 1. The number of anilines is 1. The van der Waals surface area contributed by atoms with E-state index in [0.717, 1.165) is 5.56 Å². The number of para-hydroxylation sites is 1. The molecular formula is C15H18N2O3S. The highest BCUT2D eigenvalue weighted by Crippen LogP contribution is 2.25. The number of aliphatic hydroxyl groups is 1. The van der Waals surface area contributed by atoms with Gasteiger partial charge in [0, 0.05) is 13.1 Å². The van der Waals surface area contributed by atoms with Gasteiger partial charge in [0.2, 0.25) is 10.0 Å². The predicted octanol–water partition coefficient (Wildman–Crippen LogP) is 1.33. The van der Waals surface area contributed by atoms with E-state index in [1.54, 1.807) is 23.1 Å². The molecule has 2 aromatic rings. The Morgan fingerprint density at radius 1 is 1.00 bits per heavy atom. The second kappa shape index (κ2) is 6.71. The molecule has 0 heterocycles. The van der Waals surface area contributed by atoms with Crippen molar-refractivity contribution in [3.63, 3.8) is 0 Å². The Labute approximate surface area is 124 Å². The number of sulfonamides is 1. The highest BCUT2D eigenvalue weighted by Gasteiger charge is 2.18. The summed E-state index contributed by atoms with van der Waals surface area (Å²) >= 11 is 0. The monoisotopic (exact) mass is 306 g/mol. The fourth-order valence-corrected chi connectivity index (χ4v) is 2.93. The maximum atomic E-state index is 11.7. The molecule has 0 saturated heterocycles. The van der Waals surface area contributed by atoms with Crippen molar-refractivity contribution in [2.24, 2.45) is 5.14 Å². The van der Waals surface area contributed by atoms with E-state index in [2.05, 4.69) is 0 Å². The summed E-state index contributed by atoms with van der Waals surface area (Å²) in [6.45, 7) is 0.737. The topological polar surface area (TPSA) is 83.6 Å². The zero-order valence-electron chi connectivity index (χ0n) is 11.5. The molecule has 112 valence electrons. The first-order valence-electron chi connectivity index (χ1n) is 6.54. The highest BCUT2D eigenvalue weighted by atomic mass is 32.2. The number of rotatable bonds is 6. The maximum absolute atomic E-state index is 11.7. The molecule has 0 atom stereocenters. The maximum Gasteiger partial charge on any atom is 0.240 e. The number of primary sulfonamides is 1. The van der Waals surface area contributed by atoms with Crippen LogP contribution in [0.3, 0.4) is 0 Å². The largest absolute Gasteiger partial charge is 0.395 e. The Kier molecular flexibility index (Phi) is 4.95.